The van der Waals surface area contributed by atoms with E-state index in [-0.39, 0.29) is 35.1 Å². The summed E-state index contributed by atoms with van der Waals surface area (Å²) in [7, 11) is 0. The predicted molar refractivity (Wildman–Crippen MR) is 80.0 cm³/mol. The van der Waals surface area contributed by atoms with Crippen LogP contribution in [0.2, 0.25) is 0 Å². The van der Waals surface area contributed by atoms with Gasteiger partial charge in [-0.1, -0.05) is 0 Å². The number of primary amides is 1. The SMILES string of the molecule is Cc1c(/N=N/c2nc[nH]n2)c(O)n(CCS)c(=O)c1C(N)=O. The van der Waals surface area contributed by atoms with E-state index in [1.54, 1.807) is 0 Å². The first-order valence-electron chi connectivity index (χ1n) is 6.12. The first-order chi connectivity index (χ1) is 10.5. The number of aromatic amines is 1. The molecule has 116 valence electrons. The number of azo groups is 1. The minimum atomic E-state index is -0.912. The number of H-pyrrole nitrogens is 1. The summed E-state index contributed by atoms with van der Waals surface area (Å²) in [5.74, 6) is -1.04. The lowest BCUT2D eigenvalue weighted by molar-refractivity contribution is 0.0997. The van der Waals surface area contributed by atoms with E-state index in [2.05, 4.69) is 38.0 Å². The molecule has 0 aromatic carbocycles. The van der Waals surface area contributed by atoms with E-state index in [9.17, 15) is 14.7 Å². The third-order valence-corrected chi connectivity index (χ3v) is 3.07. The Morgan fingerprint density at radius 2 is 2.27 bits per heavy atom. The number of hydrogen-bond donors (Lipinski definition) is 4. The van der Waals surface area contributed by atoms with E-state index in [0.29, 0.717) is 0 Å². The molecule has 2 heterocycles. The van der Waals surface area contributed by atoms with Gasteiger partial charge in [0.05, 0.1) is 0 Å². The Bertz CT molecular complexity index is 782. The third-order valence-electron chi connectivity index (χ3n) is 2.87. The molecule has 1 amide bonds. The minimum absolute atomic E-state index is 0.0337. The van der Waals surface area contributed by atoms with Crippen LogP contribution in [0, 0.1) is 6.92 Å². The van der Waals surface area contributed by atoms with Crippen LogP contribution in [-0.2, 0) is 6.54 Å². The van der Waals surface area contributed by atoms with Crippen LogP contribution in [-0.4, -0.2) is 36.5 Å². The highest BCUT2D eigenvalue weighted by atomic mass is 32.1. The van der Waals surface area contributed by atoms with Gasteiger partial charge in [0.2, 0.25) is 5.88 Å². The van der Waals surface area contributed by atoms with Crippen LogP contribution in [0.15, 0.2) is 21.4 Å². The van der Waals surface area contributed by atoms with Gasteiger partial charge in [-0.2, -0.15) is 17.6 Å². The molecule has 0 radical (unpaired) electrons. The fourth-order valence-electron chi connectivity index (χ4n) is 1.87. The predicted octanol–water partition coefficient (Wildman–Crippen LogP) is 0.425. The Morgan fingerprint density at radius 1 is 1.55 bits per heavy atom. The molecule has 0 fully saturated rings. The van der Waals surface area contributed by atoms with Gasteiger partial charge in [-0.05, 0) is 6.92 Å². The maximum Gasteiger partial charge on any atom is 0.287 e. The van der Waals surface area contributed by atoms with Crippen LogP contribution in [0.3, 0.4) is 0 Å². The van der Waals surface area contributed by atoms with Crippen LogP contribution in [0.4, 0.5) is 11.6 Å². The van der Waals surface area contributed by atoms with Gasteiger partial charge in [0.1, 0.15) is 17.6 Å². The second kappa shape index (κ2) is 6.39. The Morgan fingerprint density at radius 3 is 2.82 bits per heavy atom. The quantitative estimate of drug-likeness (QED) is 0.464. The number of rotatable bonds is 5. The molecule has 0 saturated heterocycles. The minimum Gasteiger partial charge on any atom is -0.493 e. The average molecular weight is 323 g/mol. The van der Waals surface area contributed by atoms with Crippen molar-refractivity contribution in [3.63, 3.8) is 0 Å². The van der Waals surface area contributed by atoms with Crippen molar-refractivity contribution >= 4 is 30.2 Å². The van der Waals surface area contributed by atoms with E-state index in [1.165, 1.54) is 13.3 Å². The highest BCUT2D eigenvalue weighted by Crippen LogP contribution is 2.31. The molecule has 22 heavy (non-hydrogen) atoms. The molecule has 0 bridgehead atoms. The van der Waals surface area contributed by atoms with E-state index < -0.39 is 17.3 Å². The maximum atomic E-state index is 12.2. The van der Waals surface area contributed by atoms with Crippen LogP contribution in [0.1, 0.15) is 15.9 Å². The highest BCUT2D eigenvalue weighted by Gasteiger charge is 2.22. The monoisotopic (exact) mass is 323 g/mol. The van der Waals surface area contributed by atoms with Crippen molar-refractivity contribution < 1.29 is 9.90 Å². The number of nitrogens with zero attached hydrogens (tertiary/aromatic N) is 5. The van der Waals surface area contributed by atoms with E-state index in [1.807, 2.05) is 0 Å². The summed E-state index contributed by atoms with van der Waals surface area (Å²) < 4.78 is 0.965. The van der Waals surface area contributed by atoms with E-state index in [0.717, 1.165) is 4.57 Å². The molecule has 0 unspecified atom stereocenters. The number of amides is 1. The summed E-state index contributed by atoms with van der Waals surface area (Å²) in [4.78, 5) is 27.4. The molecule has 10 nitrogen and oxygen atoms in total. The molecule has 0 saturated carbocycles. The second-order valence-corrected chi connectivity index (χ2v) is 4.66. The van der Waals surface area contributed by atoms with Gasteiger partial charge in [-0.3, -0.25) is 19.3 Å². The zero-order valence-electron chi connectivity index (χ0n) is 11.5. The fraction of sp³-hybridized carbons (Fsp3) is 0.273. The topological polar surface area (TPSA) is 152 Å². The summed E-state index contributed by atoms with van der Waals surface area (Å²) in [6, 6.07) is 0. The Hall–Kier alpha value is -2.69. The van der Waals surface area contributed by atoms with Crippen molar-refractivity contribution in [3.05, 3.63) is 27.8 Å². The van der Waals surface area contributed by atoms with E-state index >= 15 is 0 Å². The molecule has 0 spiro atoms. The Kier molecular flexibility index (Phi) is 4.56. The van der Waals surface area contributed by atoms with Gasteiger partial charge in [0, 0.05) is 17.9 Å². The molecule has 11 heteroatoms. The summed E-state index contributed by atoms with van der Waals surface area (Å²) in [5, 5.41) is 23.8. The molecular formula is C11H13N7O3S. The number of nitrogens with one attached hydrogen (secondary N) is 1. The summed E-state index contributed by atoms with van der Waals surface area (Å²) in [6.07, 6.45) is 1.30. The van der Waals surface area contributed by atoms with Crippen LogP contribution in [0.5, 0.6) is 5.88 Å². The number of thiol groups is 1. The fourth-order valence-corrected chi connectivity index (χ4v) is 2.07. The zero-order chi connectivity index (χ0) is 16.3. The summed E-state index contributed by atoms with van der Waals surface area (Å²) in [5.41, 5.74) is 4.35. The number of aromatic nitrogens is 4. The van der Waals surface area contributed by atoms with Crippen LogP contribution < -0.4 is 11.3 Å². The summed E-state index contributed by atoms with van der Waals surface area (Å²) >= 11 is 4.01. The molecule has 0 aliphatic heterocycles. The van der Waals surface area contributed by atoms with Crippen molar-refractivity contribution in [1.82, 2.24) is 19.7 Å². The van der Waals surface area contributed by atoms with Gasteiger partial charge in [0.25, 0.3) is 17.4 Å². The largest absolute Gasteiger partial charge is 0.493 e. The molecule has 0 atom stereocenters. The molecule has 2 aromatic rings. The van der Waals surface area contributed by atoms with Crippen LogP contribution in [0.25, 0.3) is 0 Å². The van der Waals surface area contributed by atoms with Crippen molar-refractivity contribution in [2.24, 2.45) is 16.0 Å². The summed E-state index contributed by atoms with van der Waals surface area (Å²) in [6.45, 7) is 1.52. The van der Waals surface area contributed by atoms with Gasteiger partial charge in [-0.15, -0.1) is 15.3 Å². The lowest BCUT2D eigenvalue weighted by atomic mass is 10.1. The average Bonchev–Trinajstić information content (AvgIpc) is 2.96. The number of carbonyl (C=O) groups excluding carboxylic acids is 1. The van der Waals surface area contributed by atoms with Gasteiger partial charge >= 0.3 is 0 Å². The van der Waals surface area contributed by atoms with E-state index in [4.69, 9.17) is 5.73 Å². The Labute approximate surface area is 129 Å². The Balaban J connectivity index is 2.66. The second-order valence-electron chi connectivity index (χ2n) is 4.22. The lowest BCUT2D eigenvalue weighted by Crippen LogP contribution is -2.31. The smallest absolute Gasteiger partial charge is 0.287 e. The molecule has 0 aliphatic rings. The number of pyridine rings is 1. The van der Waals surface area contributed by atoms with Crippen LogP contribution >= 0.6 is 12.6 Å². The molecule has 2 rings (SSSR count). The molecule has 2 aromatic heterocycles. The maximum absolute atomic E-state index is 12.2. The number of aromatic hydroxyl groups is 1. The highest BCUT2D eigenvalue weighted by molar-refractivity contribution is 7.80. The standard InChI is InChI=1S/C11H13N7O3S/c1-5-6(8(12)19)9(20)18(2-3-22)10(21)7(5)15-17-11-13-4-14-16-11/h4,21-22H,2-3H2,1H3,(H2,12,19)(H,13,14,16)/b17-15+. The van der Waals surface area contributed by atoms with Crippen molar-refractivity contribution in [3.8, 4) is 5.88 Å². The molecular weight excluding hydrogens is 310 g/mol. The van der Waals surface area contributed by atoms with Crippen molar-refractivity contribution in [2.75, 3.05) is 5.75 Å². The lowest BCUT2D eigenvalue weighted by Gasteiger charge is -2.13. The molecule has 0 aliphatic carbocycles. The first-order valence-corrected chi connectivity index (χ1v) is 6.75. The number of carbonyl (C=O) groups is 1. The third kappa shape index (κ3) is 2.83. The van der Waals surface area contributed by atoms with Gasteiger partial charge < -0.3 is 10.8 Å². The zero-order valence-corrected chi connectivity index (χ0v) is 12.4. The van der Waals surface area contributed by atoms with Crippen molar-refractivity contribution in [2.45, 2.75) is 13.5 Å². The normalized spacial score (nSPS) is 11.2. The van der Waals surface area contributed by atoms with Gasteiger partial charge in [0.15, 0.2) is 0 Å². The van der Waals surface area contributed by atoms with Gasteiger partial charge in [-0.25, -0.2) is 0 Å². The number of nitrogens with two attached hydrogens (primary N) is 1. The first kappa shape index (κ1) is 15.7. The number of hydrogen-bond acceptors (Lipinski definition) is 8. The molecule has 4 N–H and O–H groups in total. The van der Waals surface area contributed by atoms with Crippen molar-refractivity contribution in [1.29, 1.82) is 0 Å².